The second kappa shape index (κ2) is 1.69. The van der Waals surface area contributed by atoms with E-state index in [1.807, 2.05) is 0 Å². The van der Waals surface area contributed by atoms with Crippen LogP contribution in [0.5, 0.6) is 0 Å². The van der Waals surface area contributed by atoms with E-state index in [-0.39, 0.29) is 0 Å². The highest BCUT2D eigenvalue weighted by Gasteiger charge is 2.08. The van der Waals surface area contributed by atoms with Crippen LogP contribution in [0, 0.1) is 18.8 Å². The molecule has 1 aliphatic rings. The first kappa shape index (κ1) is 4.89. The van der Waals surface area contributed by atoms with Crippen molar-refractivity contribution in [2.45, 2.75) is 13.3 Å². The van der Waals surface area contributed by atoms with Gasteiger partial charge >= 0.3 is 0 Å². The first-order valence-corrected chi connectivity index (χ1v) is 2.80. The molecule has 0 nitrogen and oxygen atoms in total. The topological polar surface area (TPSA) is 0 Å². The Hall–Kier alpha value is -0.260. The molecule has 0 spiro atoms. The van der Waals surface area contributed by atoms with E-state index < -0.39 is 0 Å². The zero-order chi connectivity index (χ0) is 5.28. The van der Waals surface area contributed by atoms with Crippen LogP contribution in [-0.2, 0) is 0 Å². The van der Waals surface area contributed by atoms with E-state index in [0.717, 1.165) is 5.92 Å². The lowest BCUT2D eigenvalue weighted by Gasteiger charge is -1.97. The Morgan fingerprint density at radius 1 is 1.57 bits per heavy atom. The van der Waals surface area contributed by atoms with Gasteiger partial charge in [-0.1, -0.05) is 19.1 Å². The van der Waals surface area contributed by atoms with E-state index in [2.05, 4.69) is 26.0 Å². The summed E-state index contributed by atoms with van der Waals surface area (Å²) in [6.07, 6.45) is 5.67. The van der Waals surface area contributed by atoms with Crippen LogP contribution in [-0.4, -0.2) is 0 Å². The van der Waals surface area contributed by atoms with Gasteiger partial charge < -0.3 is 0 Å². The zero-order valence-corrected chi connectivity index (χ0v) is 4.72. The highest BCUT2D eigenvalue weighted by Crippen LogP contribution is 2.20. The third-order valence-electron chi connectivity index (χ3n) is 1.39. The summed E-state index contributed by atoms with van der Waals surface area (Å²) >= 11 is 0. The van der Waals surface area contributed by atoms with Crippen molar-refractivity contribution in [3.8, 4) is 0 Å². The van der Waals surface area contributed by atoms with E-state index in [9.17, 15) is 0 Å². The minimum Gasteiger partial charge on any atom is -0.0854 e. The second-order valence-corrected chi connectivity index (χ2v) is 2.36. The fourth-order valence-corrected chi connectivity index (χ4v) is 0.981. The average molecular weight is 95.2 g/mol. The highest BCUT2D eigenvalue weighted by molar-refractivity contribution is 5.00. The van der Waals surface area contributed by atoms with Gasteiger partial charge in [0, 0.05) is 0 Å². The third kappa shape index (κ3) is 1.05. The predicted molar refractivity (Wildman–Crippen MR) is 31.8 cm³/mol. The Kier molecular flexibility index (Phi) is 1.18. The van der Waals surface area contributed by atoms with Gasteiger partial charge in [-0.25, -0.2) is 0 Å². The SMILES string of the molecule is [CH2]C1C=CC(C)C1. The summed E-state index contributed by atoms with van der Waals surface area (Å²) < 4.78 is 0. The van der Waals surface area contributed by atoms with Crippen molar-refractivity contribution in [1.29, 1.82) is 0 Å². The third-order valence-corrected chi connectivity index (χ3v) is 1.39. The van der Waals surface area contributed by atoms with Gasteiger partial charge in [0.25, 0.3) is 0 Å². The molecule has 0 amide bonds. The fourth-order valence-electron chi connectivity index (χ4n) is 0.981. The molecular weight excluding hydrogens is 84.1 g/mol. The summed E-state index contributed by atoms with van der Waals surface area (Å²) in [5.41, 5.74) is 0. The lowest BCUT2D eigenvalue weighted by molar-refractivity contribution is 0.627. The van der Waals surface area contributed by atoms with Crippen molar-refractivity contribution < 1.29 is 0 Å². The maximum Gasteiger partial charge on any atom is -0.0228 e. The van der Waals surface area contributed by atoms with Crippen LogP contribution in [0.15, 0.2) is 12.2 Å². The minimum atomic E-state index is 0.593. The lowest BCUT2D eigenvalue weighted by Crippen LogP contribution is -1.87. The first-order chi connectivity index (χ1) is 3.29. The van der Waals surface area contributed by atoms with Crippen LogP contribution < -0.4 is 0 Å². The molecule has 2 atom stereocenters. The summed E-state index contributed by atoms with van der Waals surface area (Å²) in [6, 6.07) is 0. The smallest absolute Gasteiger partial charge is 0.0228 e. The van der Waals surface area contributed by atoms with Gasteiger partial charge in [-0.15, -0.1) is 0 Å². The monoisotopic (exact) mass is 95.1 g/mol. The molecule has 0 aromatic heterocycles. The zero-order valence-electron chi connectivity index (χ0n) is 4.72. The molecule has 0 saturated carbocycles. The summed E-state index contributed by atoms with van der Waals surface area (Å²) in [4.78, 5) is 0. The Balaban J connectivity index is 2.42. The second-order valence-electron chi connectivity index (χ2n) is 2.36. The van der Waals surface area contributed by atoms with E-state index in [1.165, 1.54) is 6.42 Å². The van der Waals surface area contributed by atoms with E-state index in [1.54, 1.807) is 0 Å². The molecule has 7 heavy (non-hydrogen) atoms. The van der Waals surface area contributed by atoms with Gasteiger partial charge in [-0.2, -0.15) is 0 Å². The van der Waals surface area contributed by atoms with Gasteiger partial charge in [0.05, 0.1) is 0 Å². The molecule has 1 aliphatic carbocycles. The lowest BCUT2D eigenvalue weighted by atomic mass is 10.1. The maximum absolute atomic E-state index is 3.90. The number of hydrogen-bond donors (Lipinski definition) is 0. The molecule has 0 heterocycles. The Labute approximate surface area is 45.2 Å². The maximum atomic E-state index is 3.90. The first-order valence-electron chi connectivity index (χ1n) is 2.80. The van der Waals surface area contributed by atoms with Gasteiger partial charge in [0.15, 0.2) is 0 Å². The minimum absolute atomic E-state index is 0.593. The Morgan fingerprint density at radius 2 is 2.29 bits per heavy atom. The highest BCUT2D eigenvalue weighted by atomic mass is 14.1. The van der Waals surface area contributed by atoms with Crippen molar-refractivity contribution in [3.05, 3.63) is 19.1 Å². The summed E-state index contributed by atoms with van der Waals surface area (Å²) in [5.74, 6) is 1.37. The molecule has 0 aromatic rings. The Bertz CT molecular complexity index is 72.0. The van der Waals surface area contributed by atoms with Crippen molar-refractivity contribution in [1.82, 2.24) is 0 Å². The molecule has 1 rings (SSSR count). The molecule has 0 aromatic carbocycles. The number of allylic oxidation sites excluding steroid dienone is 2. The normalized spacial score (nSPS) is 39.7. The average Bonchev–Trinajstić information content (AvgIpc) is 1.87. The summed E-state index contributed by atoms with van der Waals surface area (Å²) in [5, 5.41) is 0. The molecule has 1 radical (unpaired) electrons. The molecular formula is C7H11. The molecule has 39 valence electrons. The largest absolute Gasteiger partial charge is 0.0854 e. The van der Waals surface area contributed by atoms with Crippen LogP contribution in [0.3, 0.4) is 0 Å². The molecule has 0 heteroatoms. The van der Waals surface area contributed by atoms with E-state index in [4.69, 9.17) is 0 Å². The van der Waals surface area contributed by atoms with Crippen LogP contribution >= 0.6 is 0 Å². The molecule has 2 unspecified atom stereocenters. The van der Waals surface area contributed by atoms with Crippen molar-refractivity contribution in [3.63, 3.8) is 0 Å². The summed E-state index contributed by atoms with van der Waals surface area (Å²) in [7, 11) is 0. The molecule has 0 fully saturated rings. The van der Waals surface area contributed by atoms with Gasteiger partial charge in [0.2, 0.25) is 0 Å². The predicted octanol–water partition coefficient (Wildman–Crippen LogP) is 2.03. The van der Waals surface area contributed by atoms with Crippen molar-refractivity contribution in [2.24, 2.45) is 11.8 Å². The van der Waals surface area contributed by atoms with Gasteiger partial charge in [-0.05, 0) is 25.2 Å². The van der Waals surface area contributed by atoms with E-state index in [0.29, 0.717) is 5.92 Å². The fraction of sp³-hybridized carbons (Fsp3) is 0.571. The van der Waals surface area contributed by atoms with E-state index >= 15 is 0 Å². The van der Waals surface area contributed by atoms with Crippen molar-refractivity contribution >= 4 is 0 Å². The van der Waals surface area contributed by atoms with Crippen LogP contribution in [0.25, 0.3) is 0 Å². The van der Waals surface area contributed by atoms with Crippen LogP contribution in [0.4, 0.5) is 0 Å². The molecule has 0 bridgehead atoms. The number of hydrogen-bond acceptors (Lipinski definition) is 0. The van der Waals surface area contributed by atoms with Gasteiger partial charge in [0.1, 0.15) is 0 Å². The molecule has 0 saturated heterocycles. The van der Waals surface area contributed by atoms with Crippen LogP contribution in [0.2, 0.25) is 0 Å². The van der Waals surface area contributed by atoms with Crippen LogP contribution in [0.1, 0.15) is 13.3 Å². The van der Waals surface area contributed by atoms with Crippen molar-refractivity contribution in [2.75, 3.05) is 0 Å². The van der Waals surface area contributed by atoms with Gasteiger partial charge in [-0.3, -0.25) is 0 Å². The number of rotatable bonds is 0. The quantitative estimate of drug-likeness (QED) is 0.404. The molecule has 0 N–H and O–H groups in total. The summed E-state index contributed by atoms with van der Waals surface area (Å²) in [6.45, 7) is 6.12. The standard InChI is InChI=1S/C7H11/c1-6-3-4-7(2)5-6/h3-4,6-7H,1,5H2,2H3. The Morgan fingerprint density at radius 3 is 2.43 bits per heavy atom. The molecule has 0 aliphatic heterocycles.